The molecule has 0 saturated heterocycles. The Labute approximate surface area is 150 Å². The molecule has 0 aliphatic heterocycles. The van der Waals surface area contributed by atoms with Crippen LogP contribution in [-0.4, -0.2) is 35.5 Å². The summed E-state index contributed by atoms with van der Waals surface area (Å²) in [6, 6.07) is 7.95. The van der Waals surface area contributed by atoms with Gasteiger partial charge in [-0.25, -0.2) is 4.98 Å². The lowest BCUT2D eigenvalue weighted by molar-refractivity contribution is 0.0730. The number of aromatic nitrogens is 1. The Hall–Kier alpha value is -2.18. The van der Waals surface area contributed by atoms with Crippen LogP contribution in [0.2, 0.25) is 0 Å². The number of carbonyl (C=O) groups excluding carboxylic acids is 1. The highest BCUT2D eigenvalue weighted by atomic mass is 32.1. The predicted molar refractivity (Wildman–Crippen MR) is 96.8 cm³/mol. The predicted octanol–water partition coefficient (Wildman–Crippen LogP) is 3.88. The number of rotatable bonds is 7. The van der Waals surface area contributed by atoms with Gasteiger partial charge in [0.2, 0.25) is 0 Å². The number of carbonyl (C=O) groups is 1. The number of fused-ring (bicyclic) bond motifs is 1. The summed E-state index contributed by atoms with van der Waals surface area (Å²) in [5.74, 6) is 0.698. The molecule has 0 unspecified atom stereocenters. The van der Waals surface area contributed by atoms with Crippen molar-refractivity contribution in [1.82, 2.24) is 9.88 Å². The van der Waals surface area contributed by atoms with Gasteiger partial charge in [0, 0.05) is 31.7 Å². The molecule has 1 fully saturated rings. The average molecular weight is 356 g/mol. The van der Waals surface area contributed by atoms with Crippen LogP contribution in [0.4, 0.5) is 0 Å². The maximum atomic E-state index is 13.0. The van der Waals surface area contributed by atoms with E-state index >= 15 is 0 Å². The Balaban J connectivity index is 1.57. The van der Waals surface area contributed by atoms with Crippen molar-refractivity contribution in [3.63, 3.8) is 0 Å². The molecule has 5 nitrogen and oxygen atoms in total. The number of amides is 1. The quantitative estimate of drug-likeness (QED) is 0.645. The largest absolute Gasteiger partial charge is 0.441 e. The van der Waals surface area contributed by atoms with Gasteiger partial charge in [0.05, 0.1) is 6.61 Å². The minimum Gasteiger partial charge on any atom is -0.441 e. The summed E-state index contributed by atoms with van der Waals surface area (Å²) in [5.41, 5.74) is 3.28. The highest BCUT2D eigenvalue weighted by Crippen LogP contribution is 2.31. The number of nitrogens with zero attached hydrogens (tertiary/aromatic N) is 2. The van der Waals surface area contributed by atoms with Crippen molar-refractivity contribution in [1.29, 1.82) is 0 Å². The lowest BCUT2D eigenvalue weighted by atomic mass is 10.1. The molecule has 0 bridgehead atoms. The highest BCUT2D eigenvalue weighted by Gasteiger charge is 2.33. The van der Waals surface area contributed by atoms with Crippen molar-refractivity contribution < 1.29 is 13.9 Å². The smallest absolute Gasteiger partial charge is 0.254 e. The number of hydrogen-bond donors (Lipinski definition) is 0. The van der Waals surface area contributed by atoms with E-state index in [9.17, 15) is 4.79 Å². The summed E-state index contributed by atoms with van der Waals surface area (Å²) in [4.78, 5) is 19.4. The average Bonchev–Trinajstić information content (AvgIpc) is 3.18. The summed E-state index contributed by atoms with van der Waals surface area (Å²) in [6.45, 7) is 1.23. The normalized spacial score (nSPS) is 14.1. The van der Waals surface area contributed by atoms with Crippen LogP contribution >= 0.6 is 11.3 Å². The van der Waals surface area contributed by atoms with Crippen LogP contribution in [0, 0.1) is 0 Å². The molecule has 1 aliphatic rings. The van der Waals surface area contributed by atoms with E-state index in [2.05, 4.69) is 16.4 Å². The van der Waals surface area contributed by atoms with Gasteiger partial charge in [-0.1, -0.05) is 0 Å². The number of methoxy groups -OCH3 is 1. The van der Waals surface area contributed by atoms with Gasteiger partial charge < -0.3 is 14.1 Å². The first kappa shape index (κ1) is 16.3. The number of thiophene rings is 1. The summed E-state index contributed by atoms with van der Waals surface area (Å²) >= 11 is 1.66. The molecule has 130 valence electrons. The first-order chi connectivity index (χ1) is 12.2. The molecule has 1 saturated carbocycles. The number of ether oxygens (including phenoxy) is 1. The van der Waals surface area contributed by atoms with Gasteiger partial charge in [-0.05, 0) is 53.4 Å². The Morgan fingerprint density at radius 3 is 3.00 bits per heavy atom. The second-order valence-electron chi connectivity index (χ2n) is 6.33. The molecule has 4 rings (SSSR count). The van der Waals surface area contributed by atoms with Crippen molar-refractivity contribution in [3.05, 3.63) is 52.0 Å². The third kappa shape index (κ3) is 3.60. The summed E-state index contributed by atoms with van der Waals surface area (Å²) in [5, 5.41) is 4.15. The van der Waals surface area contributed by atoms with Gasteiger partial charge in [0.25, 0.3) is 5.91 Å². The standard InChI is InChI=1S/C19H20N2O3S/c1-23-8-6-18-20-16-5-2-14(10-17(16)24-18)19(22)21(15-3-4-15)11-13-7-9-25-12-13/h2,5,7,9-10,12,15H,3-4,6,8,11H2,1H3. The molecule has 2 aromatic heterocycles. The van der Waals surface area contributed by atoms with E-state index in [0.29, 0.717) is 42.7 Å². The Bertz CT molecular complexity index is 868. The van der Waals surface area contributed by atoms with Crippen LogP contribution in [0.3, 0.4) is 0 Å². The second-order valence-corrected chi connectivity index (χ2v) is 7.11. The third-order valence-corrected chi connectivity index (χ3v) is 5.11. The fourth-order valence-electron chi connectivity index (χ4n) is 2.90. The topological polar surface area (TPSA) is 55.6 Å². The van der Waals surface area contributed by atoms with Crippen molar-refractivity contribution in [2.75, 3.05) is 13.7 Å². The number of hydrogen-bond acceptors (Lipinski definition) is 5. The molecule has 0 atom stereocenters. The highest BCUT2D eigenvalue weighted by molar-refractivity contribution is 7.07. The third-order valence-electron chi connectivity index (χ3n) is 4.38. The van der Waals surface area contributed by atoms with Gasteiger partial charge in [0.15, 0.2) is 11.5 Å². The fraction of sp³-hybridized carbons (Fsp3) is 0.368. The maximum Gasteiger partial charge on any atom is 0.254 e. The van der Waals surface area contributed by atoms with E-state index in [1.165, 1.54) is 5.56 Å². The van der Waals surface area contributed by atoms with Gasteiger partial charge >= 0.3 is 0 Å². The van der Waals surface area contributed by atoms with Gasteiger partial charge in [-0.2, -0.15) is 11.3 Å². The molecule has 0 N–H and O–H groups in total. The molecule has 25 heavy (non-hydrogen) atoms. The lowest BCUT2D eigenvalue weighted by Crippen LogP contribution is -2.32. The van der Waals surface area contributed by atoms with E-state index in [1.54, 1.807) is 18.4 Å². The molecule has 1 aliphatic carbocycles. The van der Waals surface area contributed by atoms with Crippen molar-refractivity contribution in [3.8, 4) is 0 Å². The van der Waals surface area contributed by atoms with E-state index in [0.717, 1.165) is 18.4 Å². The minimum absolute atomic E-state index is 0.0606. The van der Waals surface area contributed by atoms with Gasteiger partial charge in [0.1, 0.15) is 5.52 Å². The van der Waals surface area contributed by atoms with Crippen LogP contribution in [0.25, 0.3) is 11.1 Å². The summed E-state index contributed by atoms with van der Waals surface area (Å²) in [7, 11) is 1.65. The Morgan fingerprint density at radius 2 is 2.28 bits per heavy atom. The maximum absolute atomic E-state index is 13.0. The molecule has 1 amide bonds. The summed E-state index contributed by atoms with van der Waals surface area (Å²) < 4.78 is 10.8. The van der Waals surface area contributed by atoms with Gasteiger partial charge in [-0.3, -0.25) is 4.79 Å². The molecule has 2 heterocycles. The van der Waals surface area contributed by atoms with Crippen molar-refractivity contribution in [2.24, 2.45) is 0 Å². The zero-order valence-electron chi connectivity index (χ0n) is 14.1. The van der Waals surface area contributed by atoms with E-state index in [1.807, 2.05) is 28.5 Å². The molecule has 0 spiro atoms. The second kappa shape index (κ2) is 6.98. The Kier molecular flexibility index (Phi) is 4.55. The summed E-state index contributed by atoms with van der Waals surface area (Å²) in [6.07, 6.45) is 2.80. The van der Waals surface area contributed by atoms with Crippen LogP contribution in [0.5, 0.6) is 0 Å². The van der Waals surface area contributed by atoms with Crippen LogP contribution < -0.4 is 0 Å². The van der Waals surface area contributed by atoms with E-state index in [-0.39, 0.29) is 5.91 Å². The Morgan fingerprint density at radius 1 is 1.40 bits per heavy atom. The molecule has 0 radical (unpaired) electrons. The van der Waals surface area contributed by atoms with E-state index < -0.39 is 0 Å². The first-order valence-corrected chi connectivity index (χ1v) is 9.39. The lowest BCUT2D eigenvalue weighted by Gasteiger charge is -2.22. The zero-order valence-corrected chi connectivity index (χ0v) is 14.9. The molecule has 1 aromatic carbocycles. The zero-order chi connectivity index (χ0) is 17.2. The van der Waals surface area contributed by atoms with Crippen LogP contribution in [0.1, 0.15) is 34.7 Å². The SMILES string of the molecule is COCCc1nc2ccc(C(=O)N(Cc3ccsc3)C3CC3)cc2o1. The molecular formula is C19H20N2O3S. The number of oxazole rings is 1. The minimum atomic E-state index is 0.0606. The van der Waals surface area contributed by atoms with Crippen molar-refractivity contribution in [2.45, 2.75) is 31.8 Å². The van der Waals surface area contributed by atoms with Gasteiger partial charge in [-0.15, -0.1) is 0 Å². The molecule has 6 heteroatoms. The molecular weight excluding hydrogens is 336 g/mol. The van der Waals surface area contributed by atoms with Crippen LogP contribution in [-0.2, 0) is 17.7 Å². The van der Waals surface area contributed by atoms with Crippen LogP contribution in [0.15, 0.2) is 39.4 Å². The number of benzene rings is 1. The van der Waals surface area contributed by atoms with Crippen molar-refractivity contribution >= 4 is 28.3 Å². The monoisotopic (exact) mass is 356 g/mol. The fourth-order valence-corrected chi connectivity index (χ4v) is 3.56. The first-order valence-electron chi connectivity index (χ1n) is 8.45. The van der Waals surface area contributed by atoms with E-state index in [4.69, 9.17) is 9.15 Å². The molecule has 3 aromatic rings.